The smallest absolute Gasteiger partial charge is 0.191 e. The van der Waals surface area contributed by atoms with Crippen LogP contribution in [0.5, 0.6) is 0 Å². The first-order valence-corrected chi connectivity index (χ1v) is 9.39. The van der Waals surface area contributed by atoms with E-state index in [1.807, 2.05) is 6.26 Å². The first-order chi connectivity index (χ1) is 10.2. The van der Waals surface area contributed by atoms with Gasteiger partial charge in [0.2, 0.25) is 0 Å². The lowest BCUT2D eigenvalue weighted by Crippen LogP contribution is -2.39. The van der Waals surface area contributed by atoms with E-state index in [-0.39, 0.29) is 0 Å². The Kier molecular flexibility index (Phi) is 4.57. The molecule has 2 aliphatic rings. The highest BCUT2D eigenvalue weighted by atomic mass is 32.2. The summed E-state index contributed by atoms with van der Waals surface area (Å²) in [6, 6.07) is 2.11. The molecule has 1 spiro atoms. The quantitative estimate of drug-likeness (QED) is 0.677. The van der Waals surface area contributed by atoms with Crippen molar-refractivity contribution in [2.75, 3.05) is 36.1 Å². The molecule has 0 atom stereocenters. The van der Waals surface area contributed by atoms with E-state index in [1.54, 1.807) is 11.8 Å². The highest BCUT2D eigenvalue weighted by molar-refractivity contribution is 7.98. The largest absolute Gasteiger partial charge is 0.370 e. The second kappa shape index (κ2) is 6.42. The first-order valence-electron chi connectivity index (χ1n) is 8.17. The Bertz CT molecular complexity index is 475. The third kappa shape index (κ3) is 3.28. The van der Waals surface area contributed by atoms with Gasteiger partial charge in [-0.1, -0.05) is 24.6 Å². The zero-order valence-electron chi connectivity index (χ0n) is 13.2. The van der Waals surface area contributed by atoms with Crippen molar-refractivity contribution in [3.63, 3.8) is 0 Å². The molecule has 1 aromatic rings. The van der Waals surface area contributed by atoms with Gasteiger partial charge in [0, 0.05) is 25.7 Å². The van der Waals surface area contributed by atoms with E-state index in [0.29, 0.717) is 5.41 Å². The summed E-state index contributed by atoms with van der Waals surface area (Å²) in [5.74, 6) is 2.05. The molecule has 1 aliphatic heterocycles. The van der Waals surface area contributed by atoms with E-state index in [9.17, 15) is 0 Å². The van der Waals surface area contributed by atoms with Gasteiger partial charge in [0.25, 0.3) is 0 Å². The van der Waals surface area contributed by atoms with E-state index in [0.717, 1.165) is 36.4 Å². The minimum Gasteiger partial charge on any atom is -0.370 e. The molecule has 1 aromatic heterocycles. The van der Waals surface area contributed by atoms with Crippen molar-refractivity contribution in [1.82, 2.24) is 9.97 Å². The molecule has 1 N–H and O–H groups in total. The predicted molar refractivity (Wildman–Crippen MR) is 90.3 cm³/mol. The Morgan fingerprint density at radius 3 is 2.52 bits per heavy atom. The van der Waals surface area contributed by atoms with Crippen LogP contribution in [-0.4, -0.2) is 35.9 Å². The number of nitrogens with zero attached hydrogens (tertiary/aromatic N) is 3. The van der Waals surface area contributed by atoms with Crippen LogP contribution in [0.1, 0.15) is 45.4 Å². The Balaban J connectivity index is 1.73. The summed E-state index contributed by atoms with van der Waals surface area (Å²) >= 11 is 1.62. The van der Waals surface area contributed by atoms with E-state index in [1.165, 1.54) is 38.5 Å². The number of hydrogen-bond acceptors (Lipinski definition) is 5. The Hall–Kier alpha value is -0.970. The minimum atomic E-state index is 0.663. The van der Waals surface area contributed by atoms with Gasteiger partial charge in [-0.3, -0.25) is 0 Å². The lowest BCUT2D eigenvalue weighted by atomic mass is 9.77. The summed E-state index contributed by atoms with van der Waals surface area (Å²) in [5, 5.41) is 4.18. The van der Waals surface area contributed by atoms with Crippen molar-refractivity contribution in [3.8, 4) is 0 Å². The van der Waals surface area contributed by atoms with E-state index >= 15 is 0 Å². The SMILES string of the molecule is CCNc1cc(N2CCC3(CCCC3)CC2)nc(SC)n1. The van der Waals surface area contributed by atoms with Gasteiger partial charge < -0.3 is 10.2 Å². The van der Waals surface area contributed by atoms with Crippen LogP contribution in [0.3, 0.4) is 0 Å². The van der Waals surface area contributed by atoms with Crippen molar-refractivity contribution in [2.45, 2.75) is 50.6 Å². The second-order valence-corrected chi connectivity index (χ2v) is 7.10. The summed E-state index contributed by atoms with van der Waals surface area (Å²) in [7, 11) is 0. The molecule has 2 fully saturated rings. The zero-order chi connectivity index (χ0) is 14.7. The van der Waals surface area contributed by atoms with Crippen molar-refractivity contribution in [3.05, 3.63) is 6.07 Å². The van der Waals surface area contributed by atoms with Gasteiger partial charge in [0.1, 0.15) is 11.6 Å². The number of piperidine rings is 1. The van der Waals surface area contributed by atoms with Crippen molar-refractivity contribution in [1.29, 1.82) is 0 Å². The van der Waals surface area contributed by atoms with Gasteiger partial charge in [-0.2, -0.15) is 0 Å². The average molecular weight is 306 g/mol. The molecule has 3 rings (SSSR count). The van der Waals surface area contributed by atoms with Crippen LogP contribution in [0, 0.1) is 5.41 Å². The lowest BCUT2D eigenvalue weighted by Gasteiger charge is -2.40. The third-order valence-electron chi connectivity index (χ3n) is 5.04. The number of thioether (sulfide) groups is 1. The molecule has 0 bridgehead atoms. The maximum absolute atomic E-state index is 4.71. The van der Waals surface area contributed by atoms with Crippen molar-refractivity contribution in [2.24, 2.45) is 5.41 Å². The monoisotopic (exact) mass is 306 g/mol. The molecule has 0 radical (unpaired) electrons. The normalized spacial score (nSPS) is 21.0. The maximum Gasteiger partial charge on any atom is 0.191 e. The van der Waals surface area contributed by atoms with Crippen LogP contribution in [0.4, 0.5) is 11.6 Å². The fourth-order valence-electron chi connectivity index (χ4n) is 3.77. The van der Waals surface area contributed by atoms with E-state index in [2.05, 4.69) is 28.2 Å². The molecule has 0 aromatic carbocycles. The molecule has 4 nitrogen and oxygen atoms in total. The Morgan fingerprint density at radius 2 is 1.90 bits per heavy atom. The summed E-state index contributed by atoms with van der Waals surface area (Å²) in [5.41, 5.74) is 0.663. The van der Waals surface area contributed by atoms with Gasteiger partial charge >= 0.3 is 0 Å². The van der Waals surface area contributed by atoms with Gasteiger partial charge in [-0.25, -0.2) is 9.97 Å². The maximum atomic E-state index is 4.71. The van der Waals surface area contributed by atoms with E-state index < -0.39 is 0 Å². The number of hydrogen-bond donors (Lipinski definition) is 1. The van der Waals surface area contributed by atoms with Crippen LogP contribution in [0.15, 0.2) is 11.2 Å². The highest BCUT2D eigenvalue weighted by Gasteiger charge is 2.37. The summed E-state index contributed by atoms with van der Waals surface area (Å²) in [4.78, 5) is 11.7. The van der Waals surface area contributed by atoms with Crippen molar-refractivity contribution >= 4 is 23.4 Å². The highest BCUT2D eigenvalue weighted by Crippen LogP contribution is 2.46. The number of rotatable bonds is 4. The van der Waals surface area contributed by atoms with Crippen LogP contribution in [0.2, 0.25) is 0 Å². The summed E-state index contributed by atoms with van der Waals surface area (Å²) < 4.78 is 0. The fourth-order valence-corrected chi connectivity index (χ4v) is 4.15. The summed E-state index contributed by atoms with van der Waals surface area (Å²) in [6.07, 6.45) is 10.5. The molecule has 1 saturated heterocycles. The number of anilines is 2. The fraction of sp³-hybridized carbons (Fsp3) is 0.750. The molecular weight excluding hydrogens is 280 g/mol. The first kappa shape index (κ1) is 14.9. The van der Waals surface area contributed by atoms with Gasteiger partial charge in [0.15, 0.2) is 5.16 Å². The molecule has 0 amide bonds. The molecule has 0 unspecified atom stereocenters. The molecule has 5 heteroatoms. The number of aromatic nitrogens is 2. The van der Waals surface area contributed by atoms with Gasteiger partial charge in [-0.15, -0.1) is 0 Å². The molecular formula is C16H26N4S. The lowest BCUT2D eigenvalue weighted by molar-refractivity contribution is 0.226. The topological polar surface area (TPSA) is 41.0 Å². The molecule has 2 heterocycles. The summed E-state index contributed by atoms with van der Waals surface area (Å²) in [6.45, 7) is 5.30. The minimum absolute atomic E-state index is 0.663. The van der Waals surface area contributed by atoms with Gasteiger partial charge in [0.05, 0.1) is 0 Å². The van der Waals surface area contributed by atoms with Gasteiger partial charge in [-0.05, 0) is 44.3 Å². The Morgan fingerprint density at radius 1 is 1.19 bits per heavy atom. The van der Waals surface area contributed by atoms with Crippen molar-refractivity contribution < 1.29 is 0 Å². The number of nitrogens with one attached hydrogen (secondary N) is 1. The van der Waals surface area contributed by atoms with Crippen LogP contribution >= 0.6 is 11.8 Å². The molecule has 21 heavy (non-hydrogen) atoms. The second-order valence-electron chi connectivity index (χ2n) is 6.32. The molecule has 1 saturated carbocycles. The van der Waals surface area contributed by atoms with Crippen LogP contribution < -0.4 is 10.2 Å². The zero-order valence-corrected chi connectivity index (χ0v) is 14.0. The van der Waals surface area contributed by atoms with E-state index in [4.69, 9.17) is 4.98 Å². The Labute approximate surface area is 132 Å². The predicted octanol–water partition coefficient (Wildman–Crippen LogP) is 3.79. The van der Waals surface area contributed by atoms with Crippen LogP contribution in [0.25, 0.3) is 0 Å². The molecule has 116 valence electrons. The average Bonchev–Trinajstić information content (AvgIpc) is 2.96. The third-order valence-corrected chi connectivity index (χ3v) is 5.59. The van der Waals surface area contributed by atoms with Crippen LogP contribution in [-0.2, 0) is 0 Å². The standard InChI is InChI=1S/C16H26N4S/c1-3-17-13-12-14(19-15(18-13)21-2)20-10-8-16(9-11-20)6-4-5-7-16/h12H,3-11H2,1-2H3,(H,17,18,19). The molecule has 1 aliphatic carbocycles.